The summed E-state index contributed by atoms with van der Waals surface area (Å²) in [6.45, 7) is 3.27. The molecule has 4 nitrogen and oxygen atoms in total. The van der Waals surface area contributed by atoms with Gasteiger partial charge < -0.3 is 10.6 Å². The normalized spacial score (nSPS) is 15.0. The molecule has 26 heavy (non-hydrogen) atoms. The number of rotatable bonds is 5. The van der Waals surface area contributed by atoms with E-state index in [0.29, 0.717) is 31.5 Å². The molecule has 1 aliphatic rings. The minimum absolute atomic E-state index is 0.0330. The number of nitrogens with two attached hydrogens (primary N) is 1. The summed E-state index contributed by atoms with van der Waals surface area (Å²) in [6.07, 6.45) is 1.32. The van der Waals surface area contributed by atoms with Crippen molar-refractivity contribution in [2.45, 2.75) is 30.4 Å². The minimum atomic E-state index is -0.257. The molecule has 0 aromatic heterocycles. The lowest BCUT2D eigenvalue weighted by Crippen LogP contribution is -2.41. The monoisotopic (exact) mass is 368 g/mol. The Morgan fingerprint density at radius 2 is 1.65 bits per heavy atom. The number of thioether (sulfide) groups is 1. The molecule has 0 saturated carbocycles. The summed E-state index contributed by atoms with van der Waals surface area (Å²) in [5, 5.41) is 0. The van der Waals surface area contributed by atoms with Gasteiger partial charge in [-0.1, -0.05) is 29.8 Å². The Labute approximate surface area is 158 Å². The number of benzene rings is 2. The molecule has 0 aliphatic carbocycles. The largest absolute Gasteiger partial charge is 0.369 e. The lowest BCUT2D eigenvalue weighted by molar-refractivity contribution is -0.123. The molecule has 5 heteroatoms. The Morgan fingerprint density at radius 1 is 1.04 bits per heavy atom. The SMILES string of the molecule is Cc1ccc(SCc2ccc(C(=O)N3CCC(C(N)=O)CC3)cc2)cc1. The Balaban J connectivity index is 1.54. The molecule has 0 radical (unpaired) electrons. The molecule has 1 fully saturated rings. The Morgan fingerprint density at radius 3 is 2.23 bits per heavy atom. The maximum atomic E-state index is 12.6. The fourth-order valence-electron chi connectivity index (χ4n) is 3.09. The van der Waals surface area contributed by atoms with Gasteiger partial charge >= 0.3 is 0 Å². The molecule has 2 N–H and O–H groups in total. The van der Waals surface area contributed by atoms with Gasteiger partial charge in [-0.25, -0.2) is 0 Å². The van der Waals surface area contributed by atoms with Crippen molar-refractivity contribution in [3.05, 3.63) is 65.2 Å². The van der Waals surface area contributed by atoms with Crippen LogP contribution in [-0.4, -0.2) is 29.8 Å². The molecule has 2 aromatic rings. The molecule has 2 amide bonds. The van der Waals surface area contributed by atoms with Crippen molar-refractivity contribution in [1.29, 1.82) is 0 Å². The quantitative estimate of drug-likeness (QED) is 0.820. The molecule has 3 rings (SSSR count). The van der Waals surface area contributed by atoms with E-state index in [4.69, 9.17) is 5.73 Å². The van der Waals surface area contributed by atoms with Crippen LogP contribution < -0.4 is 5.73 Å². The maximum Gasteiger partial charge on any atom is 0.253 e. The molecule has 0 bridgehead atoms. The highest BCUT2D eigenvalue weighted by Crippen LogP contribution is 2.24. The van der Waals surface area contributed by atoms with Gasteiger partial charge in [0.2, 0.25) is 5.91 Å². The van der Waals surface area contributed by atoms with E-state index < -0.39 is 0 Å². The zero-order chi connectivity index (χ0) is 18.5. The van der Waals surface area contributed by atoms with Crippen molar-refractivity contribution in [3.8, 4) is 0 Å². The third-order valence-electron chi connectivity index (χ3n) is 4.81. The molecule has 0 unspecified atom stereocenters. The van der Waals surface area contributed by atoms with Crippen LogP contribution in [0, 0.1) is 12.8 Å². The summed E-state index contributed by atoms with van der Waals surface area (Å²) in [7, 11) is 0. The topological polar surface area (TPSA) is 63.4 Å². The van der Waals surface area contributed by atoms with Gasteiger partial charge in [0.15, 0.2) is 0 Å². The molecule has 0 atom stereocenters. The molecular weight excluding hydrogens is 344 g/mol. The lowest BCUT2D eigenvalue weighted by atomic mass is 9.96. The fraction of sp³-hybridized carbons (Fsp3) is 0.333. The highest BCUT2D eigenvalue weighted by atomic mass is 32.2. The number of carbonyl (C=O) groups is 2. The van der Waals surface area contributed by atoms with Gasteiger partial charge in [-0.2, -0.15) is 0 Å². The third kappa shape index (κ3) is 4.67. The minimum Gasteiger partial charge on any atom is -0.369 e. The number of hydrogen-bond donors (Lipinski definition) is 1. The van der Waals surface area contributed by atoms with E-state index in [1.807, 2.05) is 29.2 Å². The van der Waals surface area contributed by atoms with Gasteiger partial charge in [0.1, 0.15) is 0 Å². The van der Waals surface area contributed by atoms with E-state index in [-0.39, 0.29) is 17.7 Å². The van der Waals surface area contributed by atoms with Gasteiger partial charge in [-0.15, -0.1) is 11.8 Å². The van der Waals surface area contributed by atoms with E-state index in [9.17, 15) is 9.59 Å². The fourth-order valence-corrected chi connectivity index (χ4v) is 3.95. The predicted molar refractivity (Wildman–Crippen MR) is 105 cm³/mol. The summed E-state index contributed by atoms with van der Waals surface area (Å²) in [6, 6.07) is 16.3. The van der Waals surface area contributed by atoms with Crippen molar-refractivity contribution in [2.75, 3.05) is 13.1 Å². The first-order chi connectivity index (χ1) is 12.5. The maximum absolute atomic E-state index is 12.6. The summed E-state index contributed by atoms with van der Waals surface area (Å²) in [4.78, 5) is 26.9. The van der Waals surface area contributed by atoms with Crippen LogP contribution in [0.1, 0.15) is 34.3 Å². The zero-order valence-electron chi connectivity index (χ0n) is 15.0. The molecule has 136 valence electrons. The van der Waals surface area contributed by atoms with E-state index >= 15 is 0 Å². The van der Waals surface area contributed by atoms with Gasteiger partial charge in [0.25, 0.3) is 5.91 Å². The van der Waals surface area contributed by atoms with Crippen LogP contribution in [-0.2, 0) is 10.5 Å². The standard InChI is InChI=1S/C21H24N2O2S/c1-15-2-8-19(9-3-15)26-14-16-4-6-18(7-5-16)21(25)23-12-10-17(11-13-23)20(22)24/h2-9,17H,10-14H2,1H3,(H2,22,24). The van der Waals surface area contributed by atoms with Crippen LogP contribution in [0.5, 0.6) is 0 Å². The van der Waals surface area contributed by atoms with Crippen molar-refractivity contribution in [2.24, 2.45) is 11.7 Å². The molecule has 2 aromatic carbocycles. The number of nitrogens with zero attached hydrogens (tertiary/aromatic N) is 1. The average molecular weight is 369 g/mol. The van der Waals surface area contributed by atoms with Crippen molar-refractivity contribution in [3.63, 3.8) is 0 Å². The zero-order valence-corrected chi connectivity index (χ0v) is 15.8. The number of hydrogen-bond acceptors (Lipinski definition) is 3. The predicted octanol–water partition coefficient (Wildman–Crippen LogP) is 3.62. The number of carbonyl (C=O) groups excluding carboxylic acids is 2. The summed E-state index contributed by atoms with van der Waals surface area (Å²) in [5.74, 6) is 0.556. The average Bonchev–Trinajstić information content (AvgIpc) is 2.67. The summed E-state index contributed by atoms with van der Waals surface area (Å²) in [5.41, 5.74) is 8.51. The molecule has 1 saturated heterocycles. The van der Waals surface area contributed by atoms with Crippen LogP contribution >= 0.6 is 11.8 Å². The van der Waals surface area contributed by atoms with Crippen molar-refractivity contribution in [1.82, 2.24) is 4.90 Å². The van der Waals surface area contributed by atoms with E-state index in [1.165, 1.54) is 16.0 Å². The van der Waals surface area contributed by atoms with Crippen LogP contribution in [0.25, 0.3) is 0 Å². The number of primary amides is 1. The van der Waals surface area contributed by atoms with Crippen molar-refractivity contribution < 1.29 is 9.59 Å². The Bertz CT molecular complexity index is 764. The van der Waals surface area contributed by atoms with Gasteiger partial charge in [0, 0.05) is 35.2 Å². The number of piperidine rings is 1. The number of likely N-dealkylation sites (tertiary alicyclic amines) is 1. The highest BCUT2D eigenvalue weighted by molar-refractivity contribution is 7.98. The second-order valence-electron chi connectivity index (χ2n) is 6.77. The summed E-state index contributed by atoms with van der Waals surface area (Å²) >= 11 is 1.79. The Kier molecular flexibility index (Phi) is 5.99. The first-order valence-electron chi connectivity index (χ1n) is 8.90. The molecule has 0 spiro atoms. The second kappa shape index (κ2) is 8.41. The van der Waals surface area contributed by atoms with Gasteiger partial charge in [-0.3, -0.25) is 9.59 Å². The van der Waals surface area contributed by atoms with Gasteiger partial charge in [-0.05, 0) is 49.6 Å². The van der Waals surface area contributed by atoms with Crippen LogP contribution in [0.4, 0.5) is 0 Å². The van der Waals surface area contributed by atoms with E-state index in [1.54, 1.807) is 11.8 Å². The second-order valence-corrected chi connectivity index (χ2v) is 7.82. The molecule has 1 aliphatic heterocycles. The van der Waals surface area contributed by atoms with Gasteiger partial charge in [0.05, 0.1) is 0 Å². The van der Waals surface area contributed by atoms with E-state index in [0.717, 1.165) is 5.75 Å². The summed E-state index contributed by atoms with van der Waals surface area (Å²) < 4.78 is 0. The first-order valence-corrected chi connectivity index (χ1v) is 9.88. The Hall–Kier alpha value is -2.27. The third-order valence-corrected chi connectivity index (χ3v) is 5.90. The van der Waals surface area contributed by atoms with Crippen LogP contribution in [0.15, 0.2) is 53.4 Å². The van der Waals surface area contributed by atoms with Crippen LogP contribution in [0.2, 0.25) is 0 Å². The van der Waals surface area contributed by atoms with Crippen molar-refractivity contribution >= 4 is 23.6 Å². The molecular formula is C21H24N2O2S. The molecule has 1 heterocycles. The lowest BCUT2D eigenvalue weighted by Gasteiger charge is -2.30. The number of amides is 2. The highest BCUT2D eigenvalue weighted by Gasteiger charge is 2.26. The number of aryl methyl sites for hydroxylation is 1. The smallest absolute Gasteiger partial charge is 0.253 e. The van der Waals surface area contributed by atoms with E-state index in [2.05, 4.69) is 31.2 Å². The first kappa shape index (κ1) is 18.5. The van der Waals surface area contributed by atoms with Crippen LogP contribution in [0.3, 0.4) is 0 Å².